The SMILES string of the molecule is CC/C=C\C/C=C\C/C=C\C/C=C\CCCCC(=O)OC(COC(=O)CCCCCCCCCCCCCCCCC)COC(=O)CCCCCCCCCCCCCCCCCCCCCCCCCCCCCCCCCCC. The molecule has 0 aliphatic carbocycles. The highest BCUT2D eigenvalue weighted by molar-refractivity contribution is 5.71. The first-order valence-corrected chi connectivity index (χ1v) is 36.1. The second-order valence-corrected chi connectivity index (χ2v) is 24.5. The first-order valence-electron chi connectivity index (χ1n) is 36.1. The lowest BCUT2D eigenvalue weighted by Crippen LogP contribution is -2.30. The molecule has 0 aliphatic rings. The molecule has 0 rings (SSSR count). The minimum atomic E-state index is -0.793. The second-order valence-electron chi connectivity index (χ2n) is 24.5. The number of esters is 3. The van der Waals surface area contributed by atoms with Gasteiger partial charge in [0.25, 0.3) is 0 Å². The van der Waals surface area contributed by atoms with Crippen molar-refractivity contribution in [2.24, 2.45) is 0 Å². The molecule has 0 aromatic rings. The molecule has 0 saturated carbocycles. The van der Waals surface area contributed by atoms with Crippen molar-refractivity contribution in [3.05, 3.63) is 48.6 Å². The van der Waals surface area contributed by atoms with Gasteiger partial charge in [0.1, 0.15) is 13.2 Å². The molecule has 1 unspecified atom stereocenters. The smallest absolute Gasteiger partial charge is 0.306 e. The quantitative estimate of drug-likeness (QED) is 0.0261. The summed E-state index contributed by atoms with van der Waals surface area (Å²) in [6.07, 6.45) is 88.9. The van der Waals surface area contributed by atoms with Gasteiger partial charge in [-0.15, -0.1) is 0 Å². The van der Waals surface area contributed by atoms with Crippen molar-refractivity contribution in [3.8, 4) is 0 Å². The topological polar surface area (TPSA) is 78.9 Å². The molecule has 0 N–H and O–H groups in total. The summed E-state index contributed by atoms with van der Waals surface area (Å²) in [4.78, 5) is 38.3. The Hall–Kier alpha value is -2.63. The van der Waals surface area contributed by atoms with E-state index in [4.69, 9.17) is 14.2 Å². The maximum Gasteiger partial charge on any atom is 0.306 e. The fourth-order valence-electron chi connectivity index (χ4n) is 11.0. The highest BCUT2D eigenvalue weighted by Crippen LogP contribution is 2.19. The zero-order chi connectivity index (χ0) is 58.5. The molecule has 6 heteroatoms. The number of carbonyl (C=O) groups excluding carboxylic acids is 3. The van der Waals surface area contributed by atoms with E-state index < -0.39 is 6.10 Å². The predicted molar refractivity (Wildman–Crippen MR) is 353 cm³/mol. The maximum absolute atomic E-state index is 12.9. The molecule has 6 nitrogen and oxygen atoms in total. The van der Waals surface area contributed by atoms with Crippen molar-refractivity contribution in [2.75, 3.05) is 13.2 Å². The van der Waals surface area contributed by atoms with Gasteiger partial charge in [0.2, 0.25) is 0 Å². The van der Waals surface area contributed by atoms with Crippen LogP contribution in [0.25, 0.3) is 0 Å². The molecular formula is C75H138O6. The number of allylic oxidation sites excluding steroid dienone is 8. The van der Waals surface area contributed by atoms with Crippen molar-refractivity contribution >= 4 is 17.9 Å². The Balaban J connectivity index is 4.12. The molecular weight excluding hydrogens is 997 g/mol. The van der Waals surface area contributed by atoms with E-state index in [1.54, 1.807) is 0 Å². The van der Waals surface area contributed by atoms with Crippen molar-refractivity contribution in [2.45, 2.75) is 399 Å². The van der Waals surface area contributed by atoms with E-state index in [2.05, 4.69) is 69.4 Å². The summed E-state index contributed by atoms with van der Waals surface area (Å²) in [6.45, 7) is 6.56. The van der Waals surface area contributed by atoms with E-state index in [0.717, 1.165) is 77.0 Å². The molecule has 0 aromatic heterocycles. The number of hydrogen-bond donors (Lipinski definition) is 0. The molecule has 0 saturated heterocycles. The van der Waals surface area contributed by atoms with E-state index in [9.17, 15) is 14.4 Å². The van der Waals surface area contributed by atoms with Crippen LogP contribution in [-0.4, -0.2) is 37.2 Å². The molecule has 0 spiro atoms. The van der Waals surface area contributed by atoms with E-state index in [0.29, 0.717) is 19.3 Å². The lowest BCUT2D eigenvalue weighted by molar-refractivity contribution is -0.167. The third-order valence-electron chi connectivity index (χ3n) is 16.3. The number of carbonyl (C=O) groups is 3. The standard InChI is InChI=1S/C75H138O6/c1-4-7-10-13-16-19-22-25-28-29-30-31-32-33-34-35-36-37-38-39-40-41-42-43-44-45-48-50-53-56-59-62-65-68-74(77)80-71-72(81-75(78)69-66-63-60-57-54-51-47-27-24-21-18-15-12-9-6-3)70-79-73(76)67-64-61-58-55-52-49-46-26-23-20-17-14-11-8-5-2/h9,12,18,21,27,47,54,57,72H,4-8,10-11,13-17,19-20,22-26,28-46,48-53,55-56,58-71H2,1-3H3/b12-9-,21-18-,47-27-,57-54-. The summed E-state index contributed by atoms with van der Waals surface area (Å²) in [5.41, 5.74) is 0. The average Bonchev–Trinajstić information content (AvgIpc) is 3.47. The van der Waals surface area contributed by atoms with E-state index >= 15 is 0 Å². The fraction of sp³-hybridized carbons (Fsp3) is 0.853. The number of unbranched alkanes of at least 4 members (excludes halogenated alkanes) is 48. The predicted octanol–water partition coefficient (Wildman–Crippen LogP) is 24.9. The van der Waals surface area contributed by atoms with Crippen molar-refractivity contribution in [1.82, 2.24) is 0 Å². The van der Waals surface area contributed by atoms with Crippen LogP contribution in [0.3, 0.4) is 0 Å². The van der Waals surface area contributed by atoms with E-state index in [1.807, 2.05) is 0 Å². The average molecular weight is 1140 g/mol. The van der Waals surface area contributed by atoms with Crippen LogP contribution in [0.5, 0.6) is 0 Å². The van der Waals surface area contributed by atoms with Crippen molar-refractivity contribution < 1.29 is 28.6 Å². The monoisotopic (exact) mass is 1140 g/mol. The zero-order valence-corrected chi connectivity index (χ0v) is 54.6. The molecule has 0 amide bonds. The van der Waals surface area contributed by atoms with Gasteiger partial charge in [-0.3, -0.25) is 14.4 Å². The molecule has 474 valence electrons. The van der Waals surface area contributed by atoms with Crippen LogP contribution in [0.15, 0.2) is 48.6 Å². The highest BCUT2D eigenvalue weighted by Gasteiger charge is 2.19. The highest BCUT2D eigenvalue weighted by atomic mass is 16.6. The molecule has 81 heavy (non-hydrogen) atoms. The molecule has 0 radical (unpaired) electrons. The van der Waals surface area contributed by atoms with Gasteiger partial charge >= 0.3 is 17.9 Å². The third-order valence-corrected chi connectivity index (χ3v) is 16.3. The van der Waals surface area contributed by atoms with Crippen LogP contribution in [0.2, 0.25) is 0 Å². The van der Waals surface area contributed by atoms with Gasteiger partial charge < -0.3 is 14.2 Å². The lowest BCUT2D eigenvalue weighted by Gasteiger charge is -2.18. The van der Waals surface area contributed by atoms with Gasteiger partial charge in [-0.1, -0.05) is 365 Å². The molecule has 1 atom stereocenters. The third kappa shape index (κ3) is 68.0. The summed E-state index contributed by atoms with van der Waals surface area (Å²) < 4.78 is 16.9. The maximum atomic E-state index is 12.9. The van der Waals surface area contributed by atoms with Gasteiger partial charge in [-0.25, -0.2) is 0 Å². The minimum Gasteiger partial charge on any atom is -0.462 e. The van der Waals surface area contributed by atoms with Crippen LogP contribution in [0.4, 0.5) is 0 Å². The fourth-order valence-corrected chi connectivity index (χ4v) is 11.0. The van der Waals surface area contributed by atoms with E-state index in [1.165, 1.54) is 270 Å². The lowest BCUT2D eigenvalue weighted by atomic mass is 10.0. The summed E-state index contributed by atoms with van der Waals surface area (Å²) in [5.74, 6) is -0.901. The Bertz CT molecular complexity index is 1400. The Morgan fingerprint density at radius 1 is 0.259 bits per heavy atom. The van der Waals surface area contributed by atoms with Crippen LogP contribution in [-0.2, 0) is 28.6 Å². The number of hydrogen-bond acceptors (Lipinski definition) is 6. The normalized spacial score (nSPS) is 12.3. The van der Waals surface area contributed by atoms with Crippen LogP contribution in [0, 0.1) is 0 Å². The number of rotatable bonds is 67. The van der Waals surface area contributed by atoms with Crippen LogP contribution in [0.1, 0.15) is 393 Å². The van der Waals surface area contributed by atoms with Crippen LogP contribution >= 0.6 is 0 Å². The van der Waals surface area contributed by atoms with Crippen molar-refractivity contribution in [1.29, 1.82) is 0 Å². The molecule has 0 aromatic carbocycles. The molecule has 0 heterocycles. The Kier molecular flexibility index (Phi) is 67.6. The Morgan fingerprint density at radius 3 is 0.753 bits per heavy atom. The van der Waals surface area contributed by atoms with E-state index in [-0.39, 0.29) is 37.5 Å². The minimum absolute atomic E-state index is 0.0849. The van der Waals surface area contributed by atoms with Gasteiger partial charge in [0.05, 0.1) is 0 Å². The van der Waals surface area contributed by atoms with Crippen LogP contribution < -0.4 is 0 Å². The van der Waals surface area contributed by atoms with Gasteiger partial charge in [0, 0.05) is 19.3 Å². The second kappa shape index (κ2) is 69.9. The summed E-state index contributed by atoms with van der Waals surface area (Å²) in [7, 11) is 0. The molecule has 0 fully saturated rings. The Labute approximate surface area is 505 Å². The Morgan fingerprint density at radius 2 is 0.481 bits per heavy atom. The first kappa shape index (κ1) is 78.4. The molecule has 0 bridgehead atoms. The molecule has 0 aliphatic heterocycles. The van der Waals surface area contributed by atoms with Gasteiger partial charge in [-0.2, -0.15) is 0 Å². The largest absolute Gasteiger partial charge is 0.462 e. The van der Waals surface area contributed by atoms with Crippen molar-refractivity contribution in [3.63, 3.8) is 0 Å². The summed E-state index contributed by atoms with van der Waals surface area (Å²) in [6, 6.07) is 0. The summed E-state index contributed by atoms with van der Waals surface area (Å²) >= 11 is 0. The first-order chi connectivity index (χ1) is 40.0. The summed E-state index contributed by atoms with van der Waals surface area (Å²) in [5, 5.41) is 0. The zero-order valence-electron chi connectivity index (χ0n) is 54.6. The van der Waals surface area contributed by atoms with Gasteiger partial charge in [0.15, 0.2) is 6.10 Å². The number of ether oxygens (including phenoxy) is 3. The van der Waals surface area contributed by atoms with Gasteiger partial charge in [-0.05, 0) is 57.8 Å².